The van der Waals surface area contributed by atoms with Crippen molar-refractivity contribution in [2.45, 2.75) is 0 Å². The lowest BCUT2D eigenvalue weighted by molar-refractivity contribution is 0.174. The van der Waals surface area contributed by atoms with Gasteiger partial charge in [0.05, 0.1) is 7.11 Å². The number of hydrogen-bond acceptors (Lipinski definition) is 7. The molecule has 2 heterocycles. The number of aromatic nitrogens is 2. The van der Waals surface area contributed by atoms with Crippen LogP contribution in [0.3, 0.4) is 0 Å². The van der Waals surface area contributed by atoms with E-state index in [0.29, 0.717) is 40.2 Å². The lowest BCUT2D eigenvalue weighted by Crippen LogP contribution is -2.03. The predicted octanol–water partition coefficient (Wildman–Crippen LogP) is 4.99. The van der Waals surface area contributed by atoms with Crippen molar-refractivity contribution < 1.29 is 18.6 Å². The van der Waals surface area contributed by atoms with E-state index in [0.717, 1.165) is 11.1 Å². The Kier molecular flexibility index (Phi) is 4.44. The molecule has 0 spiro atoms. The number of halogens is 1. The molecule has 0 unspecified atom stereocenters. The molecule has 0 bridgehead atoms. The Balaban J connectivity index is 1.57. The largest absolute Gasteiger partial charge is 0.494 e. The molecule has 1 aromatic heterocycles. The van der Waals surface area contributed by atoms with Crippen molar-refractivity contribution in [2.75, 3.05) is 24.5 Å². The van der Waals surface area contributed by atoms with Gasteiger partial charge < -0.3 is 24.8 Å². The number of nitrogens with zero attached hydrogens (tertiary/aromatic N) is 2. The van der Waals surface area contributed by atoms with Crippen LogP contribution in [0.5, 0.6) is 17.2 Å². The van der Waals surface area contributed by atoms with Gasteiger partial charge in [-0.15, -0.1) is 0 Å². The minimum Gasteiger partial charge on any atom is -0.494 e. The molecule has 0 amide bonds. The molecule has 0 aliphatic carbocycles. The van der Waals surface area contributed by atoms with E-state index in [1.54, 1.807) is 19.2 Å². The molecule has 30 heavy (non-hydrogen) atoms. The first-order chi connectivity index (χ1) is 14.7. The molecule has 8 heteroatoms. The van der Waals surface area contributed by atoms with Crippen LogP contribution in [0.25, 0.3) is 10.9 Å². The number of benzene rings is 3. The molecule has 5 rings (SSSR count). The quantitative estimate of drug-likeness (QED) is 0.485. The Labute approximate surface area is 171 Å². The van der Waals surface area contributed by atoms with Gasteiger partial charge in [0.2, 0.25) is 12.7 Å². The molecule has 150 valence electrons. The molecule has 0 atom stereocenters. The Morgan fingerprint density at radius 2 is 1.70 bits per heavy atom. The van der Waals surface area contributed by atoms with Crippen molar-refractivity contribution in [3.05, 3.63) is 66.5 Å². The second-order valence-electron chi connectivity index (χ2n) is 6.58. The number of fused-ring (bicyclic) bond motifs is 2. The fourth-order valence-corrected chi connectivity index (χ4v) is 3.22. The van der Waals surface area contributed by atoms with Crippen molar-refractivity contribution in [3.63, 3.8) is 0 Å². The lowest BCUT2D eigenvalue weighted by atomic mass is 10.2. The Morgan fingerprint density at radius 3 is 2.53 bits per heavy atom. The van der Waals surface area contributed by atoms with Crippen molar-refractivity contribution in [1.29, 1.82) is 0 Å². The third-order valence-corrected chi connectivity index (χ3v) is 4.65. The first kappa shape index (κ1) is 18.0. The fourth-order valence-electron chi connectivity index (χ4n) is 3.22. The van der Waals surface area contributed by atoms with Crippen molar-refractivity contribution in [3.8, 4) is 17.2 Å². The van der Waals surface area contributed by atoms with E-state index in [1.807, 2.05) is 36.4 Å². The topological polar surface area (TPSA) is 77.5 Å². The summed E-state index contributed by atoms with van der Waals surface area (Å²) in [5, 5.41) is 7.21. The zero-order chi connectivity index (χ0) is 20.5. The summed E-state index contributed by atoms with van der Waals surface area (Å²) < 4.78 is 29.5. The number of nitrogens with one attached hydrogen (secondary N) is 2. The highest BCUT2D eigenvalue weighted by Crippen LogP contribution is 2.36. The summed E-state index contributed by atoms with van der Waals surface area (Å²) in [5.41, 5.74) is 2.09. The van der Waals surface area contributed by atoms with E-state index in [9.17, 15) is 4.39 Å². The van der Waals surface area contributed by atoms with Crippen LogP contribution in [-0.4, -0.2) is 23.9 Å². The maximum absolute atomic E-state index is 13.3. The zero-order valence-corrected chi connectivity index (χ0v) is 16.0. The number of rotatable bonds is 5. The summed E-state index contributed by atoms with van der Waals surface area (Å²) in [5.74, 6) is 2.60. The maximum atomic E-state index is 13.3. The van der Waals surface area contributed by atoms with Crippen molar-refractivity contribution in [2.24, 2.45) is 0 Å². The van der Waals surface area contributed by atoms with Gasteiger partial charge >= 0.3 is 0 Å². The third kappa shape index (κ3) is 3.39. The molecule has 3 aromatic carbocycles. The van der Waals surface area contributed by atoms with Gasteiger partial charge in [-0.1, -0.05) is 6.07 Å². The fraction of sp³-hybridized carbons (Fsp3) is 0.0909. The molecule has 0 fully saturated rings. The number of anilines is 4. The summed E-state index contributed by atoms with van der Waals surface area (Å²) in [6.45, 7) is 0.203. The average Bonchev–Trinajstić information content (AvgIpc) is 3.23. The summed E-state index contributed by atoms with van der Waals surface area (Å²) in [7, 11) is 1.59. The number of para-hydroxylation sites is 1. The highest BCUT2D eigenvalue weighted by molar-refractivity contribution is 5.95. The Bertz CT molecular complexity index is 1230. The second-order valence-corrected chi connectivity index (χ2v) is 6.58. The summed E-state index contributed by atoms with van der Waals surface area (Å²) in [6, 6.07) is 17.2. The van der Waals surface area contributed by atoms with Gasteiger partial charge in [-0.3, -0.25) is 0 Å². The van der Waals surface area contributed by atoms with Gasteiger partial charge in [0.25, 0.3) is 0 Å². The smallest absolute Gasteiger partial charge is 0.231 e. The predicted molar refractivity (Wildman–Crippen MR) is 112 cm³/mol. The highest BCUT2D eigenvalue weighted by atomic mass is 19.1. The van der Waals surface area contributed by atoms with Gasteiger partial charge in [-0.25, -0.2) is 9.37 Å². The molecule has 0 radical (unpaired) electrons. The van der Waals surface area contributed by atoms with Crippen LogP contribution in [0.1, 0.15) is 0 Å². The van der Waals surface area contributed by atoms with E-state index in [1.165, 1.54) is 12.1 Å². The van der Waals surface area contributed by atoms with E-state index >= 15 is 0 Å². The second kappa shape index (κ2) is 7.40. The number of hydrogen-bond donors (Lipinski definition) is 2. The minimum atomic E-state index is -0.306. The van der Waals surface area contributed by atoms with Crippen molar-refractivity contribution >= 4 is 34.0 Å². The van der Waals surface area contributed by atoms with E-state index in [4.69, 9.17) is 14.2 Å². The number of ether oxygens (including phenoxy) is 3. The molecule has 1 aliphatic heterocycles. The first-order valence-electron chi connectivity index (χ1n) is 9.23. The van der Waals surface area contributed by atoms with Gasteiger partial charge in [0, 0.05) is 22.8 Å². The van der Waals surface area contributed by atoms with Crippen LogP contribution < -0.4 is 24.8 Å². The monoisotopic (exact) mass is 404 g/mol. The van der Waals surface area contributed by atoms with Crippen molar-refractivity contribution in [1.82, 2.24) is 9.97 Å². The zero-order valence-electron chi connectivity index (χ0n) is 16.0. The van der Waals surface area contributed by atoms with Crippen LogP contribution in [-0.2, 0) is 0 Å². The van der Waals surface area contributed by atoms with Crippen LogP contribution in [0.15, 0.2) is 60.7 Å². The molecular formula is C22H17FN4O3. The number of methoxy groups -OCH3 is 1. The Hall–Kier alpha value is -4.07. The van der Waals surface area contributed by atoms with Gasteiger partial charge in [0.15, 0.2) is 11.5 Å². The van der Waals surface area contributed by atoms with Gasteiger partial charge in [-0.2, -0.15) is 4.98 Å². The maximum Gasteiger partial charge on any atom is 0.231 e. The van der Waals surface area contributed by atoms with Crippen LogP contribution >= 0.6 is 0 Å². The lowest BCUT2D eigenvalue weighted by Gasteiger charge is -2.14. The molecule has 2 N–H and O–H groups in total. The van der Waals surface area contributed by atoms with Crippen LogP contribution in [0, 0.1) is 5.82 Å². The van der Waals surface area contributed by atoms with Crippen LogP contribution in [0.4, 0.5) is 27.5 Å². The molecule has 1 aliphatic rings. The third-order valence-electron chi connectivity index (χ3n) is 4.65. The average molecular weight is 404 g/mol. The van der Waals surface area contributed by atoms with E-state index in [2.05, 4.69) is 20.6 Å². The SMILES string of the molecule is COc1cccc2c(Nc3ccc(F)cc3)nc(Nc3ccc4c(c3)OCO4)nc12. The summed E-state index contributed by atoms with van der Waals surface area (Å²) in [4.78, 5) is 9.26. The molecule has 0 saturated heterocycles. The van der Waals surface area contributed by atoms with Gasteiger partial charge in [0.1, 0.15) is 22.9 Å². The molecule has 0 saturated carbocycles. The Morgan fingerprint density at radius 1 is 0.900 bits per heavy atom. The standard InChI is InChI=1S/C22H17FN4O3/c1-28-18-4-2-3-16-20(18)26-22(25-15-9-10-17-19(11-15)30-12-29-17)27-21(16)24-14-7-5-13(23)6-8-14/h2-11H,12H2,1H3,(H2,24,25,26,27). The van der Waals surface area contributed by atoms with E-state index in [-0.39, 0.29) is 12.6 Å². The first-order valence-corrected chi connectivity index (χ1v) is 9.23. The molecular weight excluding hydrogens is 387 g/mol. The van der Waals surface area contributed by atoms with Crippen LogP contribution in [0.2, 0.25) is 0 Å². The normalized spacial score (nSPS) is 12.1. The van der Waals surface area contributed by atoms with E-state index < -0.39 is 0 Å². The highest BCUT2D eigenvalue weighted by Gasteiger charge is 2.15. The van der Waals surface area contributed by atoms with Gasteiger partial charge in [-0.05, 0) is 48.5 Å². The summed E-state index contributed by atoms with van der Waals surface area (Å²) >= 11 is 0. The molecule has 4 aromatic rings. The minimum absolute atomic E-state index is 0.203. The molecule has 7 nitrogen and oxygen atoms in total. The summed E-state index contributed by atoms with van der Waals surface area (Å²) in [6.07, 6.45) is 0.